The van der Waals surface area contributed by atoms with Crippen LogP contribution in [-0.2, 0) is 4.74 Å². The lowest BCUT2D eigenvalue weighted by molar-refractivity contribution is 0.00153. The van der Waals surface area contributed by atoms with Crippen molar-refractivity contribution >= 4 is 6.09 Å². The van der Waals surface area contributed by atoms with Crippen LogP contribution >= 0.6 is 0 Å². The summed E-state index contributed by atoms with van der Waals surface area (Å²) in [5, 5.41) is 7.00. The quantitative estimate of drug-likeness (QED) is 0.648. The van der Waals surface area contributed by atoms with Gasteiger partial charge in [0.15, 0.2) is 0 Å². The summed E-state index contributed by atoms with van der Waals surface area (Å²) in [5.74, 6) is 0.637. The molecule has 14 heavy (non-hydrogen) atoms. The zero-order valence-electron chi connectivity index (χ0n) is 9.70. The number of aliphatic hydroxyl groups is 1. The maximum absolute atomic E-state index is 11.3. The lowest BCUT2D eigenvalue weighted by atomic mass is 10.0. The first-order valence-electron chi connectivity index (χ1n) is 4.81. The topological polar surface area (TPSA) is 49.8 Å². The number of likely N-dealkylation sites (tertiary alicyclic amines) is 1. The highest BCUT2D eigenvalue weighted by atomic mass is 16.6. The zero-order valence-corrected chi connectivity index (χ0v) is 9.70. The van der Waals surface area contributed by atoms with Gasteiger partial charge in [0.1, 0.15) is 5.60 Å². The average molecular weight is 203 g/mol. The number of hydrogen-bond acceptors (Lipinski definition) is 3. The van der Waals surface area contributed by atoms with Gasteiger partial charge >= 0.3 is 6.09 Å². The normalized spacial score (nSPS) is 16.6. The summed E-state index contributed by atoms with van der Waals surface area (Å²) in [6.07, 6.45) is -0.180. The standard InChI is InChI=1S/C9H17NO2.CH4O/c1-7-5-10(6-7)8(11)12-9(2,3)4;1-2/h7H,5-6H2,1-4H3;2H,1H3. The van der Waals surface area contributed by atoms with E-state index in [1.807, 2.05) is 20.8 Å². The van der Waals surface area contributed by atoms with Crippen LogP contribution in [0.5, 0.6) is 0 Å². The minimum absolute atomic E-state index is 0.180. The Balaban J connectivity index is 0.000000791. The Kier molecular flexibility index (Phi) is 4.91. The molecular weight excluding hydrogens is 182 g/mol. The number of ether oxygens (including phenoxy) is 1. The molecule has 1 heterocycles. The van der Waals surface area contributed by atoms with Gasteiger partial charge in [-0.3, -0.25) is 0 Å². The third-order valence-electron chi connectivity index (χ3n) is 1.72. The molecule has 0 atom stereocenters. The van der Waals surface area contributed by atoms with Crippen molar-refractivity contribution in [3.63, 3.8) is 0 Å². The van der Waals surface area contributed by atoms with E-state index in [1.54, 1.807) is 4.90 Å². The molecule has 0 bridgehead atoms. The van der Waals surface area contributed by atoms with Crippen molar-refractivity contribution in [2.24, 2.45) is 5.92 Å². The van der Waals surface area contributed by atoms with E-state index in [2.05, 4.69) is 6.92 Å². The molecule has 4 nitrogen and oxygen atoms in total. The van der Waals surface area contributed by atoms with E-state index < -0.39 is 0 Å². The predicted octanol–water partition coefficient (Wildman–Crippen LogP) is 1.48. The first kappa shape index (κ1) is 13.2. The van der Waals surface area contributed by atoms with Crippen LogP contribution in [0.4, 0.5) is 4.79 Å². The largest absolute Gasteiger partial charge is 0.444 e. The second-order valence-electron chi connectivity index (χ2n) is 4.49. The summed E-state index contributed by atoms with van der Waals surface area (Å²) in [6.45, 7) is 9.46. The molecule has 0 radical (unpaired) electrons. The smallest absolute Gasteiger partial charge is 0.410 e. The third-order valence-corrected chi connectivity index (χ3v) is 1.72. The maximum atomic E-state index is 11.3. The molecule has 0 aromatic heterocycles. The number of nitrogens with zero attached hydrogens (tertiary/aromatic N) is 1. The van der Waals surface area contributed by atoms with Gasteiger partial charge in [-0.05, 0) is 26.7 Å². The van der Waals surface area contributed by atoms with E-state index in [-0.39, 0.29) is 11.7 Å². The number of carbonyl (C=O) groups excluding carboxylic acids is 1. The molecule has 1 amide bonds. The lowest BCUT2D eigenvalue weighted by Gasteiger charge is -2.37. The number of amides is 1. The maximum Gasteiger partial charge on any atom is 0.410 e. The summed E-state index contributed by atoms with van der Waals surface area (Å²) < 4.78 is 5.18. The van der Waals surface area contributed by atoms with E-state index in [0.717, 1.165) is 20.2 Å². The molecule has 0 aromatic carbocycles. The molecule has 0 spiro atoms. The molecule has 0 unspecified atom stereocenters. The van der Waals surface area contributed by atoms with Gasteiger partial charge in [0, 0.05) is 20.2 Å². The first-order valence-corrected chi connectivity index (χ1v) is 4.81. The molecule has 1 aliphatic heterocycles. The fourth-order valence-electron chi connectivity index (χ4n) is 1.17. The van der Waals surface area contributed by atoms with Crippen LogP contribution in [-0.4, -0.2) is 41.9 Å². The van der Waals surface area contributed by atoms with Gasteiger partial charge in [-0.25, -0.2) is 4.79 Å². The van der Waals surface area contributed by atoms with Gasteiger partial charge in [-0.2, -0.15) is 0 Å². The minimum Gasteiger partial charge on any atom is -0.444 e. The van der Waals surface area contributed by atoms with Crippen molar-refractivity contribution in [3.8, 4) is 0 Å². The molecule has 84 valence electrons. The second-order valence-corrected chi connectivity index (χ2v) is 4.49. The number of aliphatic hydroxyl groups excluding tert-OH is 1. The van der Waals surface area contributed by atoms with Gasteiger partial charge in [-0.1, -0.05) is 6.92 Å². The molecule has 0 saturated carbocycles. The summed E-state index contributed by atoms with van der Waals surface area (Å²) in [6, 6.07) is 0. The lowest BCUT2D eigenvalue weighted by Crippen LogP contribution is -2.50. The molecule has 4 heteroatoms. The average Bonchev–Trinajstić information content (AvgIpc) is 1.99. The summed E-state index contributed by atoms with van der Waals surface area (Å²) >= 11 is 0. The fourth-order valence-corrected chi connectivity index (χ4v) is 1.17. The first-order chi connectivity index (χ1) is 6.38. The van der Waals surface area contributed by atoms with Crippen LogP contribution in [0.3, 0.4) is 0 Å². The van der Waals surface area contributed by atoms with E-state index in [0.29, 0.717) is 5.92 Å². The van der Waals surface area contributed by atoms with Crippen LogP contribution in [0, 0.1) is 5.92 Å². The number of rotatable bonds is 0. The summed E-state index contributed by atoms with van der Waals surface area (Å²) in [5.41, 5.74) is -0.365. The summed E-state index contributed by atoms with van der Waals surface area (Å²) in [4.78, 5) is 13.0. The zero-order chi connectivity index (χ0) is 11.4. The van der Waals surface area contributed by atoms with E-state index in [9.17, 15) is 4.79 Å². The van der Waals surface area contributed by atoms with Crippen LogP contribution in [0.25, 0.3) is 0 Å². The second kappa shape index (κ2) is 5.20. The van der Waals surface area contributed by atoms with Gasteiger partial charge in [0.25, 0.3) is 0 Å². The predicted molar refractivity (Wildman–Crippen MR) is 55.1 cm³/mol. The molecule has 1 fully saturated rings. The van der Waals surface area contributed by atoms with Crippen molar-refractivity contribution in [2.75, 3.05) is 20.2 Å². The monoisotopic (exact) mass is 203 g/mol. The Labute approximate surface area is 85.9 Å². The molecule has 0 aliphatic carbocycles. The fraction of sp³-hybridized carbons (Fsp3) is 0.900. The minimum atomic E-state index is -0.365. The van der Waals surface area contributed by atoms with Crippen LogP contribution in [0.2, 0.25) is 0 Å². The van der Waals surface area contributed by atoms with Gasteiger partial charge in [0.2, 0.25) is 0 Å². The highest BCUT2D eigenvalue weighted by Crippen LogP contribution is 2.18. The molecular formula is C10H21NO3. The number of carbonyl (C=O) groups is 1. The SMILES string of the molecule is CC1CN(C(=O)OC(C)(C)C)C1.CO. The van der Waals surface area contributed by atoms with Gasteiger partial charge in [-0.15, -0.1) is 0 Å². The molecule has 1 aliphatic rings. The van der Waals surface area contributed by atoms with Gasteiger partial charge in [0.05, 0.1) is 0 Å². The molecule has 0 aromatic rings. The molecule has 1 rings (SSSR count). The van der Waals surface area contributed by atoms with E-state index in [1.165, 1.54) is 0 Å². The van der Waals surface area contributed by atoms with Crippen molar-refractivity contribution in [2.45, 2.75) is 33.3 Å². The highest BCUT2D eigenvalue weighted by Gasteiger charge is 2.30. The van der Waals surface area contributed by atoms with Crippen molar-refractivity contribution in [3.05, 3.63) is 0 Å². The Hall–Kier alpha value is -0.770. The van der Waals surface area contributed by atoms with Crippen LogP contribution < -0.4 is 0 Å². The van der Waals surface area contributed by atoms with E-state index in [4.69, 9.17) is 9.84 Å². The Bertz CT molecular complexity index is 180. The molecule has 1 N–H and O–H groups in total. The van der Waals surface area contributed by atoms with Crippen molar-refractivity contribution in [1.29, 1.82) is 0 Å². The molecule has 1 saturated heterocycles. The van der Waals surface area contributed by atoms with Crippen LogP contribution in [0.15, 0.2) is 0 Å². The third kappa shape index (κ3) is 4.46. The van der Waals surface area contributed by atoms with Crippen molar-refractivity contribution in [1.82, 2.24) is 4.90 Å². The Morgan fingerprint density at radius 2 is 1.79 bits per heavy atom. The van der Waals surface area contributed by atoms with Crippen molar-refractivity contribution < 1.29 is 14.6 Å². The van der Waals surface area contributed by atoms with Gasteiger partial charge < -0.3 is 14.7 Å². The van der Waals surface area contributed by atoms with Crippen LogP contribution in [0.1, 0.15) is 27.7 Å². The Morgan fingerprint density at radius 1 is 1.36 bits per heavy atom. The van der Waals surface area contributed by atoms with E-state index >= 15 is 0 Å². The Morgan fingerprint density at radius 3 is 2.07 bits per heavy atom. The summed E-state index contributed by atoms with van der Waals surface area (Å²) in [7, 11) is 1.00. The highest BCUT2D eigenvalue weighted by molar-refractivity contribution is 5.69. The number of hydrogen-bond donors (Lipinski definition) is 1.